The van der Waals surface area contributed by atoms with E-state index in [2.05, 4.69) is 26.8 Å². The third-order valence-corrected chi connectivity index (χ3v) is 13.1. The van der Waals surface area contributed by atoms with E-state index in [-0.39, 0.29) is 5.12 Å². The third-order valence-electron chi connectivity index (χ3n) is 11.8. The molecule has 0 radical (unpaired) electrons. The molecule has 1 aromatic carbocycles. The number of ether oxygens (including phenoxy) is 1. The van der Waals surface area contributed by atoms with Crippen LogP contribution in [-0.4, -0.2) is 16.5 Å². The van der Waals surface area contributed by atoms with Crippen LogP contribution in [0, 0.1) is 34.5 Å². The Morgan fingerprint density at radius 1 is 0.974 bits per heavy atom. The number of benzene rings is 1. The molecule has 4 aliphatic rings. The van der Waals surface area contributed by atoms with Crippen LogP contribution in [0.4, 0.5) is 0 Å². The fourth-order valence-corrected chi connectivity index (χ4v) is 10.6. The van der Waals surface area contributed by atoms with Crippen LogP contribution < -0.4 is 4.74 Å². The van der Waals surface area contributed by atoms with E-state index >= 15 is 0 Å². The zero-order valence-corrected chi connectivity index (χ0v) is 26.1. The van der Waals surface area contributed by atoms with E-state index in [9.17, 15) is 4.79 Å². The number of unbranched alkanes of at least 4 members (excludes halogenated alkanes) is 5. The van der Waals surface area contributed by atoms with Gasteiger partial charge in [0, 0.05) is 5.25 Å². The molecule has 0 N–H and O–H groups in total. The molecule has 5 unspecified atom stereocenters. The normalized spacial score (nSPS) is 36.3. The minimum Gasteiger partial charge on any atom is -0.482 e. The fraction of sp³-hybridized carbons (Fsp3) is 0.750. The highest BCUT2D eigenvalue weighted by molar-refractivity contribution is 8.14. The van der Waals surface area contributed by atoms with Gasteiger partial charge in [-0.2, -0.15) is 0 Å². The first kappa shape index (κ1) is 29.3. The van der Waals surface area contributed by atoms with Crippen LogP contribution in [0.15, 0.2) is 42.0 Å². The van der Waals surface area contributed by atoms with Crippen LogP contribution in [0.3, 0.4) is 0 Å². The molecule has 3 fully saturated rings. The largest absolute Gasteiger partial charge is 0.482 e. The number of hydrogen-bond acceptors (Lipinski definition) is 3. The predicted octanol–water partition coefficient (Wildman–Crippen LogP) is 10.4. The lowest BCUT2D eigenvalue weighted by atomic mass is 9.47. The van der Waals surface area contributed by atoms with Gasteiger partial charge in [0.2, 0.25) is 5.12 Å². The predicted molar refractivity (Wildman–Crippen MR) is 166 cm³/mol. The van der Waals surface area contributed by atoms with E-state index < -0.39 is 6.10 Å². The number of fused-ring (bicyclic) bond motifs is 5. The average Bonchev–Trinajstić information content (AvgIpc) is 3.27. The lowest BCUT2D eigenvalue weighted by Crippen LogP contribution is -2.50. The van der Waals surface area contributed by atoms with E-state index in [0.717, 1.165) is 42.3 Å². The lowest BCUT2D eigenvalue weighted by molar-refractivity contribution is -0.116. The summed E-state index contributed by atoms with van der Waals surface area (Å²) in [6.45, 7) is 9.52. The van der Waals surface area contributed by atoms with Crippen molar-refractivity contribution in [3.8, 4) is 5.75 Å². The van der Waals surface area contributed by atoms with Crippen molar-refractivity contribution in [2.45, 2.75) is 135 Å². The Bertz CT molecular complexity index is 987. The maximum atomic E-state index is 13.0. The molecule has 0 spiro atoms. The Labute approximate surface area is 243 Å². The van der Waals surface area contributed by atoms with Gasteiger partial charge in [-0.15, -0.1) is 0 Å². The molecule has 4 aliphatic carbocycles. The molecule has 39 heavy (non-hydrogen) atoms. The zero-order chi connectivity index (χ0) is 27.5. The van der Waals surface area contributed by atoms with E-state index in [1.165, 1.54) is 83.5 Å². The number of thioether (sulfide) groups is 1. The van der Waals surface area contributed by atoms with Crippen molar-refractivity contribution in [2.24, 2.45) is 34.5 Å². The number of carbonyl (C=O) groups excluding carboxylic acids is 1. The van der Waals surface area contributed by atoms with E-state index in [0.29, 0.717) is 16.1 Å². The highest BCUT2D eigenvalue weighted by atomic mass is 32.2. The number of para-hydroxylation sites is 1. The van der Waals surface area contributed by atoms with Gasteiger partial charge in [-0.25, -0.2) is 0 Å². The summed E-state index contributed by atoms with van der Waals surface area (Å²) >= 11 is 1.56. The van der Waals surface area contributed by atoms with Crippen molar-refractivity contribution in [2.75, 3.05) is 0 Å². The van der Waals surface area contributed by atoms with Crippen LogP contribution in [0.2, 0.25) is 0 Å². The van der Waals surface area contributed by atoms with Gasteiger partial charge in [0.05, 0.1) is 0 Å². The van der Waals surface area contributed by atoms with Gasteiger partial charge in [-0.1, -0.05) is 101 Å². The topological polar surface area (TPSA) is 26.3 Å². The summed E-state index contributed by atoms with van der Waals surface area (Å²) in [6, 6.07) is 9.75. The molecule has 0 bridgehead atoms. The summed E-state index contributed by atoms with van der Waals surface area (Å²) in [5.41, 5.74) is 2.62. The summed E-state index contributed by atoms with van der Waals surface area (Å²) < 4.78 is 5.93. The zero-order valence-electron chi connectivity index (χ0n) is 25.3. The summed E-state index contributed by atoms with van der Waals surface area (Å²) in [7, 11) is 0. The number of carbonyl (C=O) groups is 1. The Morgan fingerprint density at radius 2 is 1.74 bits per heavy atom. The fourth-order valence-electron chi connectivity index (χ4n) is 9.49. The molecular formula is C36H54O2S. The van der Waals surface area contributed by atoms with Crippen LogP contribution in [0.1, 0.15) is 124 Å². The minimum atomic E-state index is -0.405. The first-order chi connectivity index (χ1) is 18.8. The maximum absolute atomic E-state index is 13.0. The molecule has 1 aromatic rings. The standard InChI is InChI=1S/C36H54O2S/c1-5-6-7-8-9-11-14-27-18-20-32-31-19-17-28-25-30(21-23-36(28,4)33(31)22-24-35(27,32)3)39-34(37)26(2)38-29-15-12-10-13-16-29/h10,12-13,15-17,26-27,30-33H,5-9,11,14,18-25H2,1-4H3/t26?,27?,30-,31?,32?,33?,35+,36-/m0/s1. The molecule has 216 valence electrons. The average molecular weight is 551 g/mol. The Hall–Kier alpha value is -1.22. The lowest BCUT2D eigenvalue weighted by Gasteiger charge is -2.58. The molecule has 5 rings (SSSR count). The quantitative estimate of drug-likeness (QED) is 0.202. The minimum absolute atomic E-state index is 0.178. The smallest absolute Gasteiger partial charge is 0.229 e. The van der Waals surface area contributed by atoms with Crippen LogP contribution >= 0.6 is 11.8 Å². The monoisotopic (exact) mass is 550 g/mol. The molecule has 2 nitrogen and oxygen atoms in total. The van der Waals surface area contributed by atoms with Crippen LogP contribution in [0.5, 0.6) is 5.75 Å². The molecule has 0 heterocycles. The molecule has 3 heteroatoms. The molecule has 8 atom stereocenters. The summed E-state index contributed by atoms with van der Waals surface area (Å²) in [6.07, 6.45) is 22.9. The van der Waals surface area contributed by atoms with Gasteiger partial charge < -0.3 is 4.74 Å². The Kier molecular flexibility index (Phi) is 9.57. The first-order valence-corrected chi connectivity index (χ1v) is 17.3. The van der Waals surface area contributed by atoms with Crippen molar-refractivity contribution in [3.63, 3.8) is 0 Å². The first-order valence-electron chi connectivity index (χ1n) is 16.5. The Balaban J connectivity index is 1.16. The van der Waals surface area contributed by atoms with E-state index in [4.69, 9.17) is 4.74 Å². The summed E-state index contributed by atoms with van der Waals surface area (Å²) in [4.78, 5) is 13.0. The SMILES string of the molecule is CCCCCCCCC1CCC2C3CC=C4C[C@@H](SC(=O)C(C)Oc5ccccc5)CC[C@]4(C)C3CC[C@]12C. The second-order valence-corrected chi connectivity index (χ2v) is 15.3. The van der Waals surface area contributed by atoms with Crippen LogP contribution in [-0.2, 0) is 4.79 Å². The molecule has 0 aliphatic heterocycles. The van der Waals surface area contributed by atoms with Gasteiger partial charge >= 0.3 is 0 Å². The van der Waals surface area contributed by atoms with E-state index in [1.54, 1.807) is 17.3 Å². The van der Waals surface area contributed by atoms with Gasteiger partial charge in [-0.05, 0) is 111 Å². The van der Waals surface area contributed by atoms with Crippen molar-refractivity contribution in [1.29, 1.82) is 0 Å². The molecule has 0 saturated heterocycles. The number of rotatable bonds is 11. The summed E-state index contributed by atoms with van der Waals surface area (Å²) in [5, 5.41) is 0.578. The highest BCUT2D eigenvalue weighted by Crippen LogP contribution is 2.67. The second kappa shape index (κ2) is 12.7. The van der Waals surface area contributed by atoms with Gasteiger partial charge in [0.1, 0.15) is 5.75 Å². The van der Waals surface area contributed by atoms with Crippen LogP contribution in [0.25, 0.3) is 0 Å². The summed E-state index contributed by atoms with van der Waals surface area (Å²) in [5.74, 6) is 4.41. The van der Waals surface area contributed by atoms with Crippen molar-refractivity contribution < 1.29 is 9.53 Å². The van der Waals surface area contributed by atoms with Gasteiger partial charge in [0.25, 0.3) is 0 Å². The maximum Gasteiger partial charge on any atom is 0.229 e. The van der Waals surface area contributed by atoms with Gasteiger partial charge in [0.15, 0.2) is 6.10 Å². The molecule has 0 aromatic heterocycles. The van der Waals surface area contributed by atoms with Crippen molar-refractivity contribution in [1.82, 2.24) is 0 Å². The second-order valence-electron chi connectivity index (χ2n) is 14.0. The van der Waals surface area contributed by atoms with Crippen molar-refractivity contribution >= 4 is 16.9 Å². The molecular weight excluding hydrogens is 496 g/mol. The molecule has 0 amide bonds. The third kappa shape index (κ3) is 6.19. The highest BCUT2D eigenvalue weighted by Gasteiger charge is 2.58. The van der Waals surface area contributed by atoms with E-state index in [1.807, 2.05) is 37.3 Å². The number of allylic oxidation sites excluding steroid dienone is 2. The van der Waals surface area contributed by atoms with Crippen molar-refractivity contribution in [3.05, 3.63) is 42.0 Å². The number of hydrogen-bond donors (Lipinski definition) is 0. The van der Waals surface area contributed by atoms with Gasteiger partial charge in [-0.3, -0.25) is 4.79 Å². The molecule has 3 saturated carbocycles. The Morgan fingerprint density at radius 3 is 2.54 bits per heavy atom.